The minimum Gasteiger partial charge on any atom is -0.357 e. The smallest absolute Gasteiger partial charge is 0.191 e. The lowest BCUT2D eigenvalue weighted by atomic mass is 10.1. The Labute approximate surface area is 155 Å². The molecule has 2 N–H and O–H groups in total. The van der Waals surface area contributed by atoms with Crippen molar-refractivity contribution in [2.45, 2.75) is 33.9 Å². The Kier molecular flexibility index (Phi) is 8.68. The number of halogens is 1. The molecule has 0 atom stereocenters. The standard InChI is InChI=1S/C17H25N5.HI/c1-4-18-17(19-9-10-22-13-15(3)11-21-22)20-12-16-7-5-14(2)6-8-16;/h5-8,11,13H,4,9-10,12H2,1-3H3,(H2,18,19,20);1H. The van der Waals surface area contributed by atoms with Gasteiger partial charge in [-0.1, -0.05) is 29.8 Å². The molecule has 0 saturated heterocycles. The maximum atomic E-state index is 4.61. The molecule has 6 heteroatoms. The summed E-state index contributed by atoms with van der Waals surface area (Å²) in [6, 6.07) is 8.47. The molecule has 0 saturated carbocycles. The van der Waals surface area contributed by atoms with E-state index in [-0.39, 0.29) is 24.0 Å². The zero-order valence-corrected chi connectivity index (χ0v) is 16.4. The molecule has 126 valence electrons. The summed E-state index contributed by atoms with van der Waals surface area (Å²) >= 11 is 0. The van der Waals surface area contributed by atoms with Crippen LogP contribution in [0.3, 0.4) is 0 Å². The molecule has 1 heterocycles. The molecule has 0 aliphatic heterocycles. The van der Waals surface area contributed by atoms with E-state index in [1.54, 1.807) is 0 Å². The Morgan fingerprint density at radius 3 is 2.48 bits per heavy atom. The van der Waals surface area contributed by atoms with Crippen molar-refractivity contribution in [1.82, 2.24) is 20.4 Å². The molecule has 2 aromatic rings. The molecule has 1 aromatic heterocycles. The van der Waals surface area contributed by atoms with Crippen molar-refractivity contribution in [2.75, 3.05) is 13.1 Å². The van der Waals surface area contributed by atoms with Gasteiger partial charge in [0.15, 0.2) is 5.96 Å². The molecule has 0 spiro atoms. The van der Waals surface area contributed by atoms with Gasteiger partial charge < -0.3 is 10.6 Å². The fourth-order valence-corrected chi connectivity index (χ4v) is 2.08. The van der Waals surface area contributed by atoms with E-state index in [1.807, 2.05) is 24.0 Å². The van der Waals surface area contributed by atoms with Gasteiger partial charge >= 0.3 is 0 Å². The number of nitrogens with one attached hydrogen (secondary N) is 2. The number of hydrogen-bond acceptors (Lipinski definition) is 2. The first-order valence-corrected chi connectivity index (χ1v) is 7.74. The molecular formula is C17H26IN5. The van der Waals surface area contributed by atoms with Crippen LogP contribution in [0.5, 0.6) is 0 Å². The first kappa shape index (κ1) is 19.5. The molecule has 0 unspecified atom stereocenters. The van der Waals surface area contributed by atoms with E-state index in [0.717, 1.165) is 25.6 Å². The first-order chi connectivity index (χ1) is 10.7. The van der Waals surface area contributed by atoms with Crippen LogP contribution in [0.25, 0.3) is 0 Å². The van der Waals surface area contributed by atoms with Crippen LogP contribution in [0.1, 0.15) is 23.6 Å². The zero-order valence-electron chi connectivity index (χ0n) is 14.0. The van der Waals surface area contributed by atoms with Gasteiger partial charge in [0, 0.05) is 19.3 Å². The van der Waals surface area contributed by atoms with E-state index in [0.29, 0.717) is 6.54 Å². The Hall–Kier alpha value is -1.57. The van der Waals surface area contributed by atoms with Gasteiger partial charge in [0.25, 0.3) is 0 Å². The fourth-order valence-electron chi connectivity index (χ4n) is 2.08. The lowest BCUT2D eigenvalue weighted by Crippen LogP contribution is -2.38. The molecule has 0 aliphatic carbocycles. The number of aryl methyl sites for hydroxylation is 2. The number of benzene rings is 1. The Morgan fingerprint density at radius 2 is 1.87 bits per heavy atom. The highest BCUT2D eigenvalue weighted by Gasteiger charge is 1.99. The first-order valence-electron chi connectivity index (χ1n) is 7.74. The van der Waals surface area contributed by atoms with Gasteiger partial charge in [0.1, 0.15) is 0 Å². The number of rotatable bonds is 6. The summed E-state index contributed by atoms with van der Waals surface area (Å²) in [5.41, 5.74) is 3.66. The molecule has 0 radical (unpaired) electrons. The van der Waals surface area contributed by atoms with Crippen LogP contribution in [-0.4, -0.2) is 28.8 Å². The topological polar surface area (TPSA) is 54.2 Å². The third-order valence-corrected chi connectivity index (χ3v) is 3.28. The van der Waals surface area contributed by atoms with E-state index in [9.17, 15) is 0 Å². The molecule has 0 aliphatic rings. The molecule has 23 heavy (non-hydrogen) atoms. The molecule has 1 aromatic carbocycles. The van der Waals surface area contributed by atoms with Crippen LogP contribution in [0.2, 0.25) is 0 Å². The van der Waals surface area contributed by atoms with Crippen LogP contribution in [0.4, 0.5) is 0 Å². The number of nitrogens with zero attached hydrogens (tertiary/aromatic N) is 3. The molecule has 0 bridgehead atoms. The van der Waals surface area contributed by atoms with Crippen molar-refractivity contribution in [1.29, 1.82) is 0 Å². The predicted molar refractivity (Wildman–Crippen MR) is 106 cm³/mol. The van der Waals surface area contributed by atoms with Crippen molar-refractivity contribution in [3.8, 4) is 0 Å². The highest BCUT2D eigenvalue weighted by molar-refractivity contribution is 14.0. The zero-order chi connectivity index (χ0) is 15.8. The summed E-state index contributed by atoms with van der Waals surface area (Å²) in [4.78, 5) is 4.61. The van der Waals surface area contributed by atoms with Crippen LogP contribution in [-0.2, 0) is 13.1 Å². The monoisotopic (exact) mass is 427 g/mol. The lowest BCUT2D eigenvalue weighted by molar-refractivity contribution is 0.597. The normalized spacial score (nSPS) is 11.0. The van der Waals surface area contributed by atoms with Crippen molar-refractivity contribution in [2.24, 2.45) is 4.99 Å². The van der Waals surface area contributed by atoms with E-state index in [4.69, 9.17) is 0 Å². The summed E-state index contributed by atoms with van der Waals surface area (Å²) in [7, 11) is 0. The summed E-state index contributed by atoms with van der Waals surface area (Å²) in [6.45, 7) is 9.35. The average molecular weight is 427 g/mol. The highest BCUT2D eigenvalue weighted by atomic mass is 127. The van der Waals surface area contributed by atoms with Crippen LogP contribution < -0.4 is 10.6 Å². The number of aliphatic imine (C=N–C) groups is 1. The number of aromatic nitrogens is 2. The van der Waals surface area contributed by atoms with E-state index in [1.165, 1.54) is 16.7 Å². The largest absolute Gasteiger partial charge is 0.357 e. The predicted octanol–water partition coefficient (Wildman–Crippen LogP) is 2.87. The van der Waals surface area contributed by atoms with Crippen molar-refractivity contribution < 1.29 is 0 Å². The lowest BCUT2D eigenvalue weighted by Gasteiger charge is -2.11. The summed E-state index contributed by atoms with van der Waals surface area (Å²) in [6.07, 6.45) is 3.91. The van der Waals surface area contributed by atoms with Crippen molar-refractivity contribution in [3.05, 3.63) is 53.3 Å². The molecule has 0 amide bonds. The van der Waals surface area contributed by atoms with Crippen molar-refractivity contribution >= 4 is 29.9 Å². The third kappa shape index (κ3) is 7.02. The van der Waals surface area contributed by atoms with Gasteiger partial charge in [0.05, 0.1) is 19.3 Å². The molecule has 0 fully saturated rings. The maximum absolute atomic E-state index is 4.61. The average Bonchev–Trinajstić information content (AvgIpc) is 2.92. The van der Waals surface area contributed by atoms with Gasteiger partial charge in [0.2, 0.25) is 0 Å². The van der Waals surface area contributed by atoms with Crippen LogP contribution >= 0.6 is 24.0 Å². The van der Waals surface area contributed by atoms with Gasteiger partial charge in [-0.3, -0.25) is 4.68 Å². The number of guanidine groups is 1. The summed E-state index contributed by atoms with van der Waals surface area (Å²) in [5.74, 6) is 0.840. The highest BCUT2D eigenvalue weighted by Crippen LogP contribution is 2.04. The second kappa shape index (κ2) is 10.3. The molecular weight excluding hydrogens is 401 g/mol. The van der Waals surface area contributed by atoms with Crippen LogP contribution in [0.15, 0.2) is 41.7 Å². The maximum Gasteiger partial charge on any atom is 0.191 e. The summed E-state index contributed by atoms with van der Waals surface area (Å²) < 4.78 is 1.94. The Balaban J connectivity index is 0.00000264. The fraction of sp³-hybridized carbons (Fsp3) is 0.412. The molecule has 2 rings (SSSR count). The second-order valence-electron chi connectivity index (χ2n) is 5.39. The Morgan fingerprint density at radius 1 is 1.13 bits per heavy atom. The minimum absolute atomic E-state index is 0. The van der Waals surface area contributed by atoms with Gasteiger partial charge in [-0.2, -0.15) is 5.10 Å². The van der Waals surface area contributed by atoms with E-state index < -0.39 is 0 Å². The third-order valence-electron chi connectivity index (χ3n) is 3.28. The SMILES string of the molecule is CCNC(=NCc1ccc(C)cc1)NCCn1cc(C)cn1.I. The van der Waals surface area contributed by atoms with Gasteiger partial charge in [-0.05, 0) is 31.9 Å². The second-order valence-corrected chi connectivity index (χ2v) is 5.39. The Bertz CT molecular complexity index is 604. The van der Waals surface area contributed by atoms with E-state index >= 15 is 0 Å². The molecule has 5 nitrogen and oxygen atoms in total. The minimum atomic E-state index is 0. The van der Waals surface area contributed by atoms with Crippen LogP contribution in [0, 0.1) is 13.8 Å². The quantitative estimate of drug-likeness (QED) is 0.424. The van der Waals surface area contributed by atoms with Gasteiger partial charge in [-0.25, -0.2) is 4.99 Å². The summed E-state index contributed by atoms with van der Waals surface area (Å²) in [5, 5.41) is 10.9. The van der Waals surface area contributed by atoms with Gasteiger partial charge in [-0.15, -0.1) is 24.0 Å². The van der Waals surface area contributed by atoms with E-state index in [2.05, 4.69) is 58.8 Å². The van der Waals surface area contributed by atoms with Crippen molar-refractivity contribution in [3.63, 3.8) is 0 Å². The number of hydrogen-bond donors (Lipinski definition) is 2.